The van der Waals surface area contributed by atoms with Crippen molar-refractivity contribution >= 4 is 33.6 Å². The molecule has 2 unspecified atom stereocenters. The molecule has 2 N–H and O–H groups in total. The van der Waals surface area contributed by atoms with Crippen LogP contribution in [-0.2, 0) is 0 Å². The first-order valence-corrected chi connectivity index (χ1v) is 7.23. The van der Waals surface area contributed by atoms with E-state index in [-0.39, 0.29) is 23.8 Å². The maximum atomic E-state index is 11.9. The van der Waals surface area contributed by atoms with Crippen LogP contribution in [0.1, 0.15) is 17.4 Å². The second-order valence-electron chi connectivity index (χ2n) is 3.55. The van der Waals surface area contributed by atoms with Gasteiger partial charge in [-0.25, -0.2) is 4.98 Å². The molecular weight excluding hydrogens is 304 g/mol. The van der Waals surface area contributed by atoms with Crippen molar-refractivity contribution in [3.05, 3.63) is 28.5 Å². The molecule has 0 radical (unpaired) electrons. The van der Waals surface area contributed by atoms with Crippen LogP contribution in [0.3, 0.4) is 0 Å². The number of carbonyl (C=O) groups is 1. The van der Waals surface area contributed by atoms with Gasteiger partial charge in [0.25, 0.3) is 5.91 Å². The molecule has 94 valence electrons. The number of rotatable bonds is 5. The van der Waals surface area contributed by atoms with E-state index in [9.17, 15) is 4.79 Å². The Bertz CT molecular complexity index is 385. The van der Waals surface area contributed by atoms with Gasteiger partial charge < -0.3 is 10.4 Å². The lowest BCUT2D eigenvalue weighted by atomic mass is 10.2. The van der Waals surface area contributed by atoms with E-state index in [1.807, 2.05) is 13.2 Å². The number of hydrogen-bond donors (Lipinski definition) is 2. The van der Waals surface area contributed by atoms with Gasteiger partial charge in [0.05, 0.1) is 6.61 Å². The Morgan fingerprint density at radius 3 is 2.94 bits per heavy atom. The van der Waals surface area contributed by atoms with E-state index in [0.29, 0.717) is 10.2 Å². The van der Waals surface area contributed by atoms with Crippen LogP contribution in [0.5, 0.6) is 0 Å². The van der Waals surface area contributed by atoms with Crippen LogP contribution >= 0.6 is 27.7 Å². The zero-order valence-corrected chi connectivity index (χ0v) is 12.1. The number of nitrogens with one attached hydrogen (secondary N) is 1. The van der Waals surface area contributed by atoms with Crippen molar-refractivity contribution in [1.82, 2.24) is 10.3 Å². The fraction of sp³-hybridized carbons (Fsp3) is 0.455. The topological polar surface area (TPSA) is 62.2 Å². The van der Waals surface area contributed by atoms with E-state index >= 15 is 0 Å². The molecule has 0 aromatic carbocycles. The molecule has 0 bridgehead atoms. The number of halogens is 1. The number of nitrogens with zero attached hydrogens (tertiary/aromatic N) is 1. The quantitative estimate of drug-likeness (QED) is 0.867. The SMILES string of the molecule is CSC(CO)C(C)NC(=O)c1ncccc1Br. The van der Waals surface area contributed by atoms with Crippen molar-refractivity contribution < 1.29 is 9.90 Å². The average Bonchev–Trinajstić information content (AvgIpc) is 2.31. The molecule has 4 nitrogen and oxygen atoms in total. The minimum Gasteiger partial charge on any atom is -0.395 e. The highest BCUT2D eigenvalue weighted by Gasteiger charge is 2.19. The fourth-order valence-corrected chi connectivity index (χ4v) is 2.42. The van der Waals surface area contributed by atoms with E-state index in [2.05, 4.69) is 26.2 Å². The van der Waals surface area contributed by atoms with E-state index in [0.717, 1.165) is 0 Å². The van der Waals surface area contributed by atoms with Gasteiger partial charge in [0.1, 0.15) is 5.69 Å². The van der Waals surface area contributed by atoms with Gasteiger partial charge in [0.2, 0.25) is 0 Å². The van der Waals surface area contributed by atoms with E-state index in [1.165, 1.54) is 11.8 Å². The molecule has 0 spiro atoms. The second-order valence-corrected chi connectivity index (χ2v) is 5.48. The Hall–Kier alpha value is -0.590. The van der Waals surface area contributed by atoms with Crippen molar-refractivity contribution in [3.8, 4) is 0 Å². The summed E-state index contributed by atoms with van der Waals surface area (Å²) in [6.07, 6.45) is 3.47. The number of aliphatic hydroxyl groups is 1. The number of aliphatic hydroxyl groups excluding tert-OH is 1. The van der Waals surface area contributed by atoms with Crippen molar-refractivity contribution in [2.75, 3.05) is 12.9 Å². The van der Waals surface area contributed by atoms with Crippen LogP contribution in [0.2, 0.25) is 0 Å². The highest BCUT2D eigenvalue weighted by Crippen LogP contribution is 2.15. The molecule has 1 aromatic rings. The summed E-state index contributed by atoms with van der Waals surface area (Å²) < 4.78 is 0.661. The molecular formula is C11H15BrN2O2S. The minimum absolute atomic E-state index is 0.0126. The first-order valence-electron chi connectivity index (χ1n) is 5.15. The Morgan fingerprint density at radius 1 is 1.71 bits per heavy atom. The summed E-state index contributed by atoms with van der Waals surface area (Å²) in [5.74, 6) is -0.238. The largest absolute Gasteiger partial charge is 0.395 e. The molecule has 0 fully saturated rings. The summed E-state index contributed by atoms with van der Waals surface area (Å²) in [6.45, 7) is 1.90. The predicted octanol–water partition coefficient (Wildman–Crippen LogP) is 1.69. The Morgan fingerprint density at radius 2 is 2.41 bits per heavy atom. The summed E-state index contributed by atoms with van der Waals surface area (Å²) in [4.78, 5) is 15.9. The lowest BCUT2D eigenvalue weighted by Crippen LogP contribution is -2.41. The normalized spacial score (nSPS) is 14.1. The molecule has 6 heteroatoms. The molecule has 1 amide bonds. The predicted molar refractivity (Wildman–Crippen MR) is 73.3 cm³/mol. The maximum absolute atomic E-state index is 11.9. The molecule has 0 saturated carbocycles. The lowest BCUT2D eigenvalue weighted by Gasteiger charge is -2.21. The summed E-state index contributed by atoms with van der Waals surface area (Å²) in [6, 6.07) is 3.41. The Kier molecular flexibility index (Phi) is 5.94. The fourth-order valence-electron chi connectivity index (χ4n) is 1.36. The van der Waals surface area contributed by atoms with Crippen LogP contribution in [0.4, 0.5) is 0 Å². The number of amides is 1. The third-order valence-corrected chi connectivity index (χ3v) is 4.18. The zero-order valence-electron chi connectivity index (χ0n) is 9.68. The van der Waals surface area contributed by atoms with Gasteiger partial charge in [0.15, 0.2) is 0 Å². The van der Waals surface area contributed by atoms with Gasteiger partial charge in [-0.05, 0) is 41.2 Å². The van der Waals surface area contributed by atoms with Crippen LogP contribution < -0.4 is 5.32 Å². The monoisotopic (exact) mass is 318 g/mol. The third-order valence-electron chi connectivity index (χ3n) is 2.37. The minimum atomic E-state index is -0.238. The number of aromatic nitrogens is 1. The number of thioether (sulfide) groups is 1. The second kappa shape index (κ2) is 6.98. The van der Waals surface area contributed by atoms with Gasteiger partial charge in [0, 0.05) is 22.0 Å². The van der Waals surface area contributed by atoms with Crippen LogP contribution in [0.15, 0.2) is 22.8 Å². The molecule has 0 aliphatic rings. The standard InChI is InChI=1S/C11H15BrN2O2S/c1-7(9(6-15)17-2)14-11(16)10-8(12)4-3-5-13-10/h3-5,7,9,15H,6H2,1-2H3,(H,14,16). The number of hydrogen-bond acceptors (Lipinski definition) is 4. The smallest absolute Gasteiger partial charge is 0.271 e. The number of pyridine rings is 1. The lowest BCUT2D eigenvalue weighted by molar-refractivity contribution is 0.0930. The molecule has 1 rings (SSSR count). The van der Waals surface area contributed by atoms with E-state index in [4.69, 9.17) is 5.11 Å². The average molecular weight is 319 g/mol. The van der Waals surface area contributed by atoms with E-state index in [1.54, 1.807) is 18.3 Å². The summed E-state index contributed by atoms with van der Waals surface area (Å²) in [7, 11) is 0. The van der Waals surface area contributed by atoms with Crippen LogP contribution in [0.25, 0.3) is 0 Å². The molecule has 1 aromatic heterocycles. The van der Waals surface area contributed by atoms with Gasteiger partial charge in [-0.15, -0.1) is 0 Å². The van der Waals surface area contributed by atoms with Gasteiger partial charge in [-0.1, -0.05) is 0 Å². The van der Waals surface area contributed by atoms with Crippen molar-refractivity contribution in [3.63, 3.8) is 0 Å². The maximum Gasteiger partial charge on any atom is 0.271 e. The van der Waals surface area contributed by atoms with Crippen LogP contribution in [-0.4, -0.2) is 40.2 Å². The molecule has 1 heterocycles. The first-order chi connectivity index (χ1) is 8.10. The van der Waals surface area contributed by atoms with Crippen molar-refractivity contribution in [1.29, 1.82) is 0 Å². The molecule has 0 saturated heterocycles. The first kappa shape index (κ1) is 14.5. The van der Waals surface area contributed by atoms with Crippen LogP contribution in [0, 0.1) is 0 Å². The van der Waals surface area contributed by atoms with Gasteiger partial charge >= 0.3 is 0 Å². The number of carbonyl (C=O) groups excluding carboxylic acids is 1. The molecule has 2 atom stereocenters. The highest BCUT2D eigenvalue weighted by molar-refractivity contribution is 9.10. The summed E-state index contributed by atoms with van der Waals surface area (Å²) in [5, 5.41) is 12.0. The Labute approximate surface area is 113 Å². The van der Waals surface area contributed by atoms with E-state index < -0.39 is 0 Å². The van der Waals surface area contributed by atoms with Gasteiger partial charge in [-0.3, -0.25) is 4.79 Å². The molecule has 17 heavy (non-hydrogen) atoms. The summed E-state index contributed by atoms with van der Waals surface area (Å²) >= 11 is 4.80. The van der Waals surface area contributed by atoms with Gasteiger partial charge in [-0.2, -0.15) is 11.8 Å². The molecule has 0 aliphatic heterocycles. The van der Waals surface area contributed by atoms with Crippen molar-refractivity contribution in [2.45, 2.75) is 18.2 Å². The highest BCUT2D eigenvalue weighted by atomic mass is 79.9. The zero-order chi connectivity index (χ0) is 12.8. The third kappa shape index (κ3) is 3.97. The Balaban J connectivity index is 2.70. The molecule has 0 aliphatic carbocycles. The van der Waals surface area contributed by atoms with Crippen molar-refractivity contribution in [2.24, 2.45) is 0 Å². The summed E-state index contributed by atoms with van der Waals surface area (Å²) in [5.41, 5.74) is 0.358.